The Morgan fingerprint density at radius 3 is 2.24 bits per heavy atom. The standard InChI is InChI=1S/C20H19N4O4S/c1-12-4-10-17(11-5-12)24-19(20(27)28-23-24)29-13(2)18(26)22-16-8-6-15(7-9-16)21-14(3)25/h4-11,13,27H,1-3H3/q-1/p+1. The van der Waals surface area contributed by atoms with Crippen LogP contribution in [0.2, 0.25) is 0 Å². The predicted molar refractivity (Wildman–Crippen MR) is 107 cm³/mol. The van der Waals surface area contributed by atoms with Crippen molar-refractivity contribution in [1.29, 1.82) is 0 Å². The Kier molecular flexibility index (Phi) is 6.18. The van der Waals surface area contributed by atoms with Gasteiger partial charge >= 0.3 is 0 Å². The normalized spacial score (nSPS) is 11.7. The summed E-state index contributed by atoms with van der Waals surface area (Å²) in [6, 6.07) is 14.2. The quantitative estimate of drug-likeness (QED) is 0.475. The van der Waals surface area contributed by atoms with Crippen molar-refractivity contribution in [2.24, 2.45) is 0 Å². The number of benzene rings is 2. The molecule has 1 atom stereocenters. The van der Waals surface area contributed by atoms with Crippen LogP contribution in [-0.2, 0) is 9.59 Å². The van der Waals surface area contributed by atoms with Crippen molar-refractivity contribution in [2.45, 2.75) is 31.0 Å². The molecule has 0 saturated heterocycles. The molecule has 2 N–H and O–H groups in total. The zero-order valence-electron chi connectivity index (χ0n) is 16.1. The second-order valence-corrected chi connectivity index (χ2v) is 7.75. The van der Waals surface area contributed by atoms with E-state index in [1.54, 1.807) is 31.2 Å². The number of nitrogens with zero attached hydrogens (tertiary/aromatic N) is 2. The molecule has 0 aliphatic rings. The van der Waals surface area contributed by atoms with Gasteiger partial charge in [-0.25, -0.2) is 0 Å². The highest BCUT2D eigenvalue weighted by Gasteiger charge is 2.26. The third-order valence-corrected chi connectivity index (χ3v) is 5.11. The van der Waals surface area contributed by atoms with Crippen LogP contribution < -0.4 is 20.4 Å². The van der Waals surface area contributed by atoms with Gasteiger partial charge in [-0.3, -0.25) is 9.59 Å². The minimum Gasteiger partial charge on any atom is -0.538 e. The van der Waals surface area contributed by atoms with Crippen LogP contribution in [0, 0.1) is 6.92 Å². The number of carbonyl (C=O) groups is 2. The van der Waals surface area contributed by atoms with Crippen molar-refractivity contribution < 1.29 is 23.9 Å². The van der Waals surface area contributed by atoms with Crippen LogP contribution in [-0.4, -0.2) is 22.3 Å². The first-order valence-corrected chi connectivity index (χ1v) is 9.72. The van der Waals surface area contributed by atoms with E-state index in [0.717, 1.165) is 17.3 Å². The van der Waals surface area contributed by atoms with Crippen molar-refractivity contribution in [3.63, 3.8) is 0 Å². The van der Waals surface area contributed by atoms with Crippen molar-refractivity contribution in [3.8, 4) is 11.6 Å². The number of amides is 2. The van der Waals surface area contributed by atoms with Crippen molar-refractivity contribution in [3.05, 3.63) is 54.1 Å². The van der Waals surface area contributed by atoms with E-state index >= 15 is 0 Å². The number of rotatable bonds is 6. The number of aromatic nitrogens is 2. The van der Waals surface area contributed by atoms with Crippen LogP contribution in [0.25, 0.3) is 5.69 Å². The molecule has 2 aromatic carbocycles. The smallest absolute Gasteiger partial charge is 0.298 e. The van der Waals surface area contributed by atoms with Gasteiger partial charge in [-0.1, -0.05) is 17.7 Å². The molecule has 29 heavy (non-hydrogen) atoms. The highest BCUT2D eigenvalue weighted by Crippen LogP contribution is 2.28. The monoisotopic (exact) mass is 412 g/mol. The van der Waals surface area contributed by atoms with Gasteiger partial charge in [-0.05, 0) is 54.6 Å². The predicted octanol–water partition coefficient (Wildman–Crippen LogP) is 2.41. The Hall–Kier alpha value is -3.33. The van der Waals surface area contributed by atoms with E-state index in [-0.39, 0.29) is 16.8 Å². The molecule has 1 heterocycles. The first-order chi connectivity index (χ1) is 13.8. The first-order valence-electron chi connectivity index (χ1n) is 8.84. The number of hydrogen-bond donors (Lipinski definition) is 2. The molecule has 3 aromatic rings. The summed E-state index contributed by atoms with van der Waals surface area (Å²) in [6.45, 7) is 5.07. The Morgan fingerprint density at radius 1 is 1.07 bits per heavy atom. The molecule has 0 bridgehead atoms. The number of thioether (sulfide) groups is 1. The zero-order valence-corrected chi connectivity index (χ0v) is 16.9. The largest absolute Gasteiger partial charge is 0.538 e. The van der Waals surface area contributed by atoms with Gasteiger partial charge in [0.25, 0.3) is 5.03 Å². The van der Waals surface area contributed by atoms with Crippen LogP contribution in [0.1, 0.15) is 19.4 Å². The molecular formula is C20H20N4O4S. The summed E-state index contributed by atoms with van der Waals surface area (Å²) in [5.74, 6) is -1.05. The van der Waals surface area contributed by atoms with E-state index in [1.807, 2.05) is 31.2 Å². The molecule has 2 amide bonds. The van der Waals surface area contributed by atoms with Gasteiger partial charge in [0.15, 0.2) is 5.95 Å². The lowest BCUT2D eigenvalue weighted by atomic mass is 10.2. The molecule has 3 rings (SSSR count). The molecule has 0 aliphatic heterocycles. The van der Waals surface area contributed by atoms with Gasteiger partial charge < -0.3 is 20.3 Å². The number of aryl methyl sites for hydroxylation is 1. The van der Waals surface area contributed by atoms with Gasteiger partial charge in [0.2, 0.25) is 17.5 Å². The van der Waals surface area contributed by atoms with E-state index in [1.165, 1.54) is 11.6 Å². The molecule has 150 valence electrons. The highest BCUT2D eigenvalue weighted by molar-refractivity contribution is 8.00. The number of carbonyl (C=O) groups excluding carboxylic acids is 2. The van der Waals surface area contributed by atoms with Crippen LogP contribution in [0.4, 0.5) is 11.4 Å². The zero-order chi connectivity index (χ0) is 21.0. The maximum atomic E-state index is 12.5. The van der Waals surface area contributed by atoms with Gasteiger partial charge in [-0.15, -0.1) is 0 Å². The maximum Gasteiger partial charge on any atom is 0.298 e. The Morgan fingerprint density at radius 2 is 1.66 bits per heavy atom. The number of anilines is 2. The lowest BCUT2D eigenvalue weighted by Crippen LogP contribution is -2.36. The van der Waals surface area contributed by atoms with E-state index < -0.39 is 11.2 Å². The van der Waals surface area contributed by atoms with Gasteiger partial charge in [0.05, 0.1) is 10.5 Å². The van der Waals surface area contributed by atoms with Gasteiger partial charge in [0.1, 0.15) is 0 Å². The van der Waals surface area contributed by atoms with Crippen molar-refractivity contribution >= 4 is 35.0 Å². The van der Waals surface area contributed by atoms with E-state index in [2.05, 4.69) is 15.9 Å². The fraction of sp³-hybridized carbons (Fsp3) is 0.200. The highest BCUT2D eigenvalue weighted by atomic mass is 32.2. The lowest BCUT2D eigenvalue weighted by Gasteiger charge is -2.11. The van der Waals surface area contributed by atoms with Crippen LogP contribution in [0.5, 0.6) is 5.95 Å². The fourth-order valence-electron chi connectivity index (χ4n) is 2.49. The van der Waals surface area contributed by atoms with Crippen LogP contribution in [0.3, 0.4) is 0 Å². The van der Waals surface area contributed by atoms with Crippen molar-refractivity contribution in [2.75, 3.05) is 10.6 Å². The molecule has 0 fully saturated rings. The van der Waals surface area contributed by atoms with E-state index in [9.17, 15) is 14.7 Å². The first kappa shape index (κ1) is 20.4. The Balaban J connectivity index is 1.69. The summed E-state index contributed by atoms with van der Waals surface area (Å²) >= 11 is 1.07. The third-order valence-electron chi connectivity index (χ3n) is 3.98. The van der Waals surface area contributed by atoms with Crippen LogP contribution in [0.15, 0.2) is 58.1 Å². The Labute approximate surface area is 171 Å². The molecule has 9 heteroatoms. The summed E-state index contributed by atoms with van der Waals surface area (Å²) in [7, 11) is 0. The SMILES string of the molecule is CC(=O)Nc1ccc(NC(=O)C(C)Sc2c([O-])on[n+]2-c2ccc(C)cc2)cc1. The molecule has 0 spiro atoms. The summed E-state index contributed by atoms with van der Waals surface area (Å²) in [5.41, 5.74) is 2.96. The molecule has 1 unspecified atom stereocenters. The molecule has 0 aliphatic carbocycles. The second-order valence-electron chi connectivity index (χ2n) is 6.42. The topological polar surface area (TPSA) is 111 Å². The van der Waals surface area contributed by atoms with Gasteiger partial charge in [-0.2, -0.15) is 0 Å². The number of nitrogens with one attached hydrogen (secondary N) is 2. The van der Waals surface area contributed by atoms with Gasteiger partial charge in [0, 0.05) is 30.4 Å². The van der Waals surface area contributed by atoms with E-state index in [4.69, 9.17) is 4.52 Å². The minimum absolute atomic E-state index is 0.171. The average Bonchev–Trinajstić information content (AvgIpc) is 3.04. The number of hydrogen-bond acceptors (Lipinski definition) is 6. The second kappa shape index (κ2) is 8.78. The third kappa shape index (κ3) is 5.14. The molecule has 8 nitrogen and oxygen atoms in total. The Bertz CT molecular complexity index is 1020. The summed E-state index contributed by atoms with van der Waals surface area (Å²) in [6.07, 6.45) is 0. The molecule has 1 aromatic heterocycles. The van der Waals surface area contributed by atoms with Crippen molar-refractivity contribution in [1.82, 2.24) is 5.27 Å². The maximum absolute atomic E-state index is 12.5. The average molecular weight is 412 g/mol. The summed E-state index contributed by atoms with van der Waals surface area (Å²) in [5, 5.41) is 21.0. The fourth-order valence-corrected chi connectivity index (χ4v) is 3.37. The molecule has 0 saturated carbocycles. The summed E-state index contributed by atoms with van der Waals surface area (Å²) < 4.78 is 6.18. The molecule has 0 radical (unpaired) electrons. The van der Waals surface area contributed by atoms with Crippen LogP contribution >= 0.6 is 11.8 Å². The minimum atomic E-state index is -0.602. The van der Waals surface area contributed by atoms with E-state index in [0.29, 0.717) is 17.1 Å². The lowest BCUT2D eigenvalue weighted by molar-refractivity contribution is -0.705. The summed E-state index contributed by atoms with van der Waals surface area (Å²) in [4.78, 5) is 23.6. The molecular weight excluding hydrogens is 392 g/mol.